The minimum absolute atomic E-state index is 0.165. The van der Waals surface area contributed by atoms with Crippen molar-refractivity contribution in [3.8, 4) is 5.75 Å². The summed E-state index contributed by atoms with van der Waals surface area (Å²) in [6, 6.07) is 5.95. The average Bonchev–Trinajstić information content (AvgIpc) is 2.39. The quantitative estimate of drug-likeness (QED) is 0.927. The van der Waals surface area contributed by atoms with E-state index in [1.54, 1.807) is 12.1 Å². The van der Waals surface area contributed by atoms with Crippen LogP contribution in [0.3, 0.4) is 0 Å². The minimum Gasteiger partial charge on any atom is -0.493 e. The van der Waals surface area contributed by atoms with Crippen molar-refractivity contribution in [3.63, 3.8) is 0 Å². The molecule has 0 bridgehead atoms. The van der Waals surface area contributed by atoms with Crippen molar-refractivity contribution >= 4 is 11.7 Å². The number of ether oxygens (including phenoxy) is 1. The molecule has 1 aromatic carbocycles. The number of rotatable bonds is 3. The van der Waals surface area contributed by atoms with Gasteiger partial charge in [-0.05, 0) is 24.3 Å². The molecule has 2 aromatic rings. The van der Waals surface area contributed by atoms with Crippen molar-refractivity contribution in [2.75, 3.05) is 12.4 Å². The summed E-state index contributed by atoms with van der Waals surface area (Å²) in [4.78, 5) is 15.8. The number of carbonyl (C=O) groups excluding carboxylic acids is 1. The van der Waals surface area contributed by atoms with E-state index in [-0.39, 0.29) is 11.4 Å². The highest BCUT2D eigenvalue weighted by atomic mass is 19.1. The molecule has 19 heavy (non-hydrogen) atoms. The van der Waals surface area contributed by atoms with Crippen LogP contribution in [0.1, 0.15) is 10.4 Å². The van der Waals surface area contributed by atoms with Crippen LogP contribution < -0.4 is 10.1 Å². The Morgan fingerprint density at radius 3 is 2.79 bits per heavy atom. The third-order valence-corrected chi connectivity index (χ3v) is 2.40. The molecule has 0 unspecified atom stereocenters. The van der Waals surface area contributed by atoms with Gasteiger partial charge in [-0.25, -0.2) is 13.8 Å². The van der Waals surface area contributed by atoms with Gasteiger partial charge in [-0.3, -0.25) is 4.79 Å². The van der Waals surface area contributed by atoms with Crippen molar-refractivity contribution in [1.29, 1.82) is 0 Å². The number of carbonyl (C=O) groups is 1. The molecular formula is C13H10F2N2O2. The molecule has 2 rings (SSSR count). The number of nitrogens with one attached hydrogen (secondary N) is 1. The molecule has 0 saturated carbocycles. The Morgan fingerprint density at radius 1 is 1.32 bits per heavy atom. The first-order valence-corrected chi connectivity index (χ1v) is 5.37. The summed E-state index contributed by atoms with van der Waals surface area (Å²) < 4.78 is 31.2. The second-order valence-electron chi connectivity index (χ2n) is 3.63. The predicted molar refractivity (Wildman–Crippen MR) is 65.1 cm³/mol. The molecular weight excluding hydrogens is 254 g/mol. The van der Waals surface area contributed by atoms with E-state index in [1.807, 2.05) is 0 Å². The molecule has 6 heteroatoms. The Morgan fingerprint density at radius 2 is 2.11 bits per heavy atom. The molecule has 0 saturated heterocycles. The number of halogens is 2. The standard InChI is InChI=1S/C13H10F2N2O2/c1-19-11-3-2-6-16-12(11)17-13(18)9-5-4-8(14)7-10(9)15/h2-7H,1H3,(H,16,17,18). The van der Waals surface area contributed by atoms with Crippen molar-refractivity contribution in [2.24, 2.45) is 0 Å². The lowest BCUT2D eigenvalue weighted by atomic mass is 10.2. The van der Waals surface area contributed by atoms with E-state index in [2.05, 4.69) is 10.3 Å². The molecule has 0 spiro atoms. The zero-order valence-electron chi connectivity index (χ0n) is 9.98. The Bertz CT molecular complexity index is 617. The first-order chi connectivity index (χ1) is 9.11. The van der Waals surface area contributed by atoms with E-state index in [1.165, 1.54) is 13.3 Å². The molecule has 0 fully saturated rings. The Balaban J connectivity index is 2.26. The van der Waals surface area contributed by atoms with Gasteiger partial charge < -0.3 is 10.1 Å². The maximum Gasteiger partial charge on any atom is 0.259 e. The Hall–Kier alpha value is -2.50. The van der Waals surface area contributed by atoms with Crippen LogP contribution in [0.2, 0.25) is 0 Å². The molecule has 1 aromatic heterocycles. The number of amides is 1. The van der Waals surface area contributed by atoms with Crippen LogP contribution in [0.4, 0.5) is 14.6 Å². The predicted octanol–water partition coefficient (Wildman–Crippen LogP) is 2.62. The second kappa shape index (κ2) is 5.43. The average molecular weight is 264 g/mol. The van der Waals surface area contributed by atoms with Crippen LogP contribution in [0.5, 0.6) is 5.75 Å². The Kier molecular flexibility index (Phi) is 3.70. The zero-order valence-corrected chi connectivity index (χ0v) is 9.98. The number of anilines is 1. The van der Waals surface area contributed by atoms with Crippen LogP contribution in [0.25, 0.3) is 0 Å². The number of nitrogens with zero attached hydrogens (tertiary/aromatic N) is 1. The summed E-state index contributed by atoms with van der Waals surface area (Å²) in [5, 5.41) is 2.40. The topological polar surface area (TPSA) is 51.2 Å². The molecule has 4 nitrogen and oxygen atoms in total. The van der Waals surface area contributed by atoms with Gasteiger partial charge in [0, 0.05) is 12.3 Å². The van der Waals surface area contributed by atoms with E-state index in [0.29, 0.717) is 11.8 Å². The molecule has 98 valence electrons. The number of pyridine rings is 1. The fourth-order valence-electron chi connectivity index (χ4n) is 1.50. The summed E-state index contributed by atoms with van der Waals surface area (Å²) >= 11 is 0. The molecule has 1 amide bonds. The van der Waals surface area contributed by atoms with E-state index >= 15 is 0 Å². The third kappa shape index (κ3) is 2.85. The van der Waals surface area contributed by atoms with Crippen molar-refractivity contribution in [3.05, 3.63) is 53.7 Å². The third-order valence-electron chi connectivity index (χ3n) is 2.40. The summed E-state index contributed by atoms with van der Waals surface area (Å²) in [5.41, 5.74) is -0.269. The molecule has 0 radical (unpaired) electrons. The molecule has 1 heterocycles. The highest BCUT2D eigenvalue weighted by Crippen LogP contribution is 2.21. The summed E-state index contributed by atoms with van der Waals surface area (Å²) in [6.45, 7) is 0. The van der Waals surface area contributed by atoms with Gasteiger partial charge in [0.15, 0.2) is 11.6 Å². The maximum absolute atomic E-state index is 13.4. The van der Waals surface area contributed by atoms with Gasteiger partial charge in [0.25, 0.3) is 5.91 Å². The lowest BCUT2D eigenvalue weighted by Gasteiger charge is -2.09. The largest absolute Gasteiger partial charge is 0.493 e. The Labute approximate surface area is 108 Å². The van der Waals surface area contributed by atoms with Gasteiger partial charge in [0.05, 0.1) is 12.7 Å². The van der Waals surface area contributed by atoms with Crippen molar-refractivity contribution in [2.45, 2.75) is 0 Å². The van der Waals surface area contributed by atoms with Crippen LogP contribution in [0.15, 0.2) is 36.5 Å². The van der Waals surface area contributed by atoms with Crippen LogP contribution in [-0.4, -0.2) is 18.0 Å². The lowest BCUT2D eigenvalue weighted by molar-refractivity contribution is 0.102. The number of aromatic nitrogens is 1. The summed E-state index contributed by atoms with van der Waals surface area (Å²) in [7, 11) is 1.42. The normalized spacial score (nSPS) is 10.1. The number of benzene rings is 1. The molecule has 1 N–H and O–H groups in total. The van der Waals surface area contributed by atoms with Crippen LogP contribution in [0, 0.1) is 11.6 Å². The number of hydrogen-bond acceptors (Lipinski definition) is 3. The van der Waals surface area contributed by atoms with Crippen molar-refractivity contribution < 1.29 is 18.3 Å². The van der Waals surface area contributed by atoms with Crippen LogP contribution >= 0.6 is 0 Å². The number of methoxy groups -OCH3 is 1. The zero-order chi connectivity index (χ0) is 13.8. The maximum atomic E-state index is 13.4. The van der Waals surface area contributed by atoms with Gasteiger partial charge >= 0.3 is 0 Å². The van der Waals surface area contributed by atoms with E-state index < -0.39 is 17.5 Å². The minimum atomic E-state index is -0.938. The first-order valence-electron chi connectivity index (χ1n) is 5.37. The van der Waals surface area contributed by atoms with Gasteiger partial charge in [-0.2, -0.15) is 0 Å². The fraction of sp³-hybridized carbons (Fsp3) is 0.0769. The molecule has 0 atom stereocenters. The number of hydrogen-bond donors (Lipinski definition) is 1. The smallest absolute Gasteiger partial charge is 0.259 e. The van der Waals surface area contributed by atoms with Gasteiger partial charge in [-0.1, -0.05) is 0 Å². The first kappa shape index (κ1) is 12.9. The van der Waals surface area contributed by atoms with Gasteiger partial charge in [0.2, 0.25) is 0 Å². The highest BCUT2D eigenvalue weighted by Gasteiger charge is 2.15. The van der Waals surface area contributed by atoms with Crippen LogP contribution in [-0.2, 0) is 0 Å². The van der Waals surface area contributed by atoms with E-state index in [4.69, 9.17) is 4.74 Å². The summed E-state index contributed by atoms with van der Waals surface area (Å²) in [6.07, 6.45) is 1.46. The van der Waals surface area contributed by atoms with Gasteiger partial charge in [0.1, 0.15) is 11.6 Å². The molecule has 0 aliphatic heterocycles. The molecule has 0 aliphatic rings. The van der Waals surface area contributed by atoms with Crippen molar-refractivity contribution in [1.82, 2.24) is 4.98 Å². The highest BCUT2D eigenvalue weighted by molar-refractivity contribution is 6.04. The SMILES string of the molecule is COc1cccnc1NC(=O)c1ccc(F)cc1F. The fourth-order valence-corrected chi connectivity index (χ4v) is 1.50. The molecule has 0 aliphatic carbocycles. The van der Waals surface area contributed by atoms with E-state index in [0.717, 1.165) is 12.1 Å². The van der Waals surface area contributed by atoms with Gasteiger partial charge in [-0.15, -0.1) is 0 Å². The second-order valence-corrected chi connectivity index (χ2v) is 3.63. The monoisotopic (exact) mass is 264 g/mol. The lowest BCUT2D eigenvalue weighted by Crippen LogP contribution is -2.15. The summed E-state index contributed by atoms with van der Waals surface area (Å²) in [5.74, 6) is -1.90. The van der Waals surface area contributed by atoms with E-state index in [9.17, 15) is 13.6 Å².